The summed E-state index contributed by atoms with van der Waals surface area (Å²) in [7, 11) is 1.63. The second kappa shape index (κ2) is 8.13. The molecule has 0 unspecified atom stereocenters. The van der Waals surface area contributed by atoms with Gasteiger partial charge in [-0.3, -0.25) is 0 Å². The van der Waals surface area contributed by atoms with Crippen LogP contribution >= 0.6 is 35.4 Å². The van der Waals surface area contributed by atoms with Crippen LogP contribution in [0.3, 0.4) is 0 Å². The van der Waals surface area contributed by atoms with Gasteiger partial charge in [-0.1, -0.05) is 29.3 Å². The van der Waals surface area contributed by atoms with Crippen molar-refractivity contribution in [2.24, 2.45) is 0 Å². The van der Waals surface area contributed by atoms with Crippen molar-refractivity contribution in [3.8, 4) is 5.75 Å². The van der Waals surface area contributed by atoms with Crippen LogP contribution in [0.4, 0.5) is 11.4 Å². The van der Waals surface area contributed by atoms with Crippen LogP contribution in [-0.2, 0) is 0 Å². The number of halogens is 2. The van der Waals surface area contributed by atoms with Crippen molar-refractivity contribution in [3.05, 3.63) is 52.5 Å². The van der Waals surface area contributed by atoms with E-state index in [1.807, 2.05) is 30.3 Å². The molecule has 0 bridgehead atoms. The highest BCUT2D eigenvalue weighted by Crippen LogP contribution is 2.28. The molecule has 1 N–H and O–H groups in total. The molecule has 2 aromatic rings. The number of hydrogen-bond donors (Lipinski definition) is 1. The Morgan fingerprint density at radius 2 is 1.76 bits per heavy atom. The number of piperazine rings is 1. The number of nitrogens with zero attached hydrogens (tertiary/aromatic N) is 2. The lowest BCUT2D eigenvalue weighted by Gasteiger charge is -2.37. The van der Waals surface area contributed by atoms with Gasteiger partial charge in [0.05, 0.1) is 12.8 Å². The molecule has 0 saturated carbocycles. The van der Waals surface area contributed by atoms with Crippen LogP contribution in [0.25, 0.3) is 0 Å². The van der Waals surface area contributed by atoms with Crippen molar-refractivity contribution < 1.29 is 4.74 Å². The van der Waals surface area contributed by atoms with Crippen LogP contribution in [0.15, 0.2) is 42.5 Å². The Balaban J connectivity index is 1.61. The third-order valence-electron chi connectivity index (χ3n) is 4.14. The maximum Gasteiger partial charge on any atom is 0.173 e. The van der Waals surface area contributed by atoms with Gasteiger partial charge in [-0.15, -0.1) is 0 Å². The molecule has 132 valence electrons. The molecule has 1 aliphatic rings. The lowest BCUT2D eigenvalue weighted by atomic mass is 10.2. The molecular formula is C18H19Cl2N3OS. The first-order valence-electron chi connectivity index (χ1n) is 7.97. The molecule has 25 heavy (non-hydrogen) atoms. The third-order valence-corrected chi connectivity index (χ3v) is 4.97. The SMILES string of the molecule is COc1ccc(Cl)cc1NC(=S)N1CCN(c2cccc(Cl)c2)CC1. The summed E-state index contributed by atoms with van der Waals surface area (Å²) in [5, 5.41) is 5.31. The van der Waals surface area contributed by atoms with Gasteiger partial charge in [0, 0.05) is 41.9 Å². The zero-order valence-corrected chi connectivity index (χ0v) is 16.2. The van der Waals surface area contributed by atoms with Crippen LogP contribution in [0.5, 0.6) is 5.75 Å². The molecule has 3 rings (SSSR count). The van der Waals surface area contributed by atoms with Crippen molar-refractivity contribution >= 4 is 51.9 Å². The highest BCUT2D eigenvalue weighted by molar-refractivity contribution is 7.80. The van der Waals surface area contributed by atoms with Gasteiger partial charge in [0.25, 0.3) is 0 Å². The van der Waals surface area contributed by atoms with Gasteiger partial charge in [-0.25, -0.2) is 0 Å². The van der Waals surface area contributed by atoms with E-state index in [0.717, 1.165) is 42.6 Å². The molecule has 0 aromatic heterocycles. The quantitative estimate of drug-likeness (QED) is 0.771. The first-order chi connectivity index (χ1) is 12.1. The Hall–Kier alpha value is -1.69. The van der Waals surface area contributed by atoms with Crippen LogP contribution < -0.4 is 15.0 Å². The summed E-state index contributed by atoms with van der Waals surface area (Å²) in [6.45, 7) is 3.44. The van der Waals surface area contributed by atoms with Crippen molar-refractivity contribution in [2.75, 3.05) is 43.5 Å². The summed E-state index contributed by atoms with van der Waals surface area (Å²) >= 11 is 17.7. The summed E-state index contributed by atoms with van der Waals surface area (Å²) in [6.07, 6.45) is 0. The van der Waals surface area contributed by atoms with Gasteiger partial charge in [0.15, 0.2) is 5.11 Å². The third kappa shape index (κ3) is 4.48. The topological polar surface area (TPSA) is 27.7 Å². The monoisotopic (exact) mass is 395 g/mol. The average molecular weight is 396 g/mol. The zero-order chi connectivity index (χ0) is 17.8. The molecule has 0 aliphatic carbocycles. The molecule has 7 heteroatoms. The van der Waals surface area contributed by atoms with Crippen molar-refractivity contribution in [2.45, 2.75) is 0 Å². The predicted molar refractivity (Wildman–Crippen MR) is 109 cm³/mol. The fraction of sp³-hybridized carbons (Fsp3) is 0.278. The van der Waals surface area contributed by atoms with Crippen LogP contribution in [0.1, 0.15) is 0 Å². The minimum atomic E-state index is 0.636. The lowest BCUT2D eigenvalue weighted by molar-refractivity contribution is 0.390. The van der Waals surface area contributed by atoms with E-state index < -0.39 is 0 Å². The molecule has 0 spiro atoms. The molecule has 1 saturated heterocycles. The molecule has 0 atom stereocenters. The Kier molecular flexibility index (Phi) is 5.89. The molecule has 0 amide bonds. The van der Waals surface area contributed by atoms with E-state index in [-0.39, 0.29) is 0 Å². The Labute approximate surface area is 163 Å². The number of ether oxygens (including phenoxy) is 1. The Bertz CT molecular complexity index is 764. The molecule has 2 aromatic carbocycles. The van der Waals surface area contributed by atoms with E-state index >= 15 is 0 Å². The predicted octanol–water partition coefficient (Wildman–Crippen LogP) is 4.52. The standard InChI is InChI=1S/C18H19Cl2N3OS/c1-24-17-6-5-14(20)12-16(17)21-18(25)23-9-7-22(8-10-23)15-4-2-3-13(19)11-15/h2-6,11-12H,7-10H2,1H3,(H,21,25). The highest BCUT2D eigenvalue weighted by atomic mass is 35.5. The summed E-state index contributed by atoms with van der Waals surface area (Å²) in [5.41, 5.74) is 1.92. The maximum absolute atomic E-state index is 6.08. The van der Waals surface area contributed by atoms with Crippen molar-refractivity contribution in [3.63, 3.8) is 0 Å². The second-order valence-electron chi connectivity index (χ2n) is 5.73. The van der Waals surface area contributed by atoms with Gasteiger partial charge in [-0.05, 0) is 48.6 Å². The first-order valence-corrected chi connectivity index (χ1v) is 9.13. The van der Waals surface area contributed by atoms with Crippen LogP contribution in [0.2, 0.25) is 10.0 Å². The molecule has 0 radical (unpaired) electrons. The summed E-state index contributed by atoms with van der Waals surface area (Å²) in [4.78, 5) is 4.46. The van der Waals surface area contributed by atoms with E-state index in [2.05, 4.69) is 21.2 Å². The van der Waals surface area contributed by atoms with Gasteiger partial charge < -0.3 is 19.9 Å². The van der Waals surface area contributed by atoms with E-state index in [1.165, 1.54) is 0 Å². The van der Waals surface area contributed by atoms with Crippen molar-refractivity contribution in [1.29, 1.82) is 0 Å². The average Bonchev–Trinajstić information content (AvgIpc) is 2.62. The smallest absolute Gasteiger partial charge is 0.173 e. The summed E-state index contributed by atoms with van der Waals surface area (Å²) < 4.78 is 5.35. The fourth-order valence-corrected chi connectivity index (χ4v) is 3.46. The molecule has 1 fully saturated rings. The zero-order valence-electron chi connectivity index (χ0n) is 13.8. The number of nitrogens with one attached hydrogen (secondary N) is 1. The van der Waals surface area contributed by atoms with E-state index in [1.54, 1.807) is 13.2 Å². The van der Waals surface area contributed by atoms with Gasteiger partial charge in [-0.2, -0.15) is 0 Å². The molecular weight excluding hydrogens is 377 g/mol. The Morgan fingerprint density at radius 3 is 2.44 bits per heavy atom. The number of thiocarbonyl (C=S) groups is 1. The number of hydrogen-bond acceptors (Lipinski definition) is 3. The lowest BCUT2D eigenvalue weighted by Crippen LogP contribution is -2.50. The van der Waals surface area contributed by atoms with Crippen molar-refractivity contribution in [1.82, 2.24) is 4.90 Å². The highest BCUT2D eigenvalue weighted by Gasteiger charge is 2.20. The number of anilines is 2. The van der Waals surface area contributed by atoms with Gasteiger partial charge >= 0.3 is 0 Å². The van der Waals surface area contributed by atoms with E-state index in [4.69, 9.17) is 40.2 Å². The second-order valence-corrected chi connectivity index (χ2v) is 6.99. The van der Waals surface area contributed by atoms with Crippen LogP contribution in [0, 0.1) is 0 Å². The van der Waals surface area contributed by atoms with Gasteiger partial charge in [0.2, 0.25) is 0 Å². The van der Waals surface area contributed by atoms with Gasteiger partial charge in [0.1, 0.15) is 5.75 Å². The maximum atomic E-state index is 6.08. The van der Waals surface area contributed by atoms with E-state index in [0.29, 0.717) is 15.9 Å². The normalized spacial score (nSPS) is 14.4. The summed E-state index contributed by atoms with van der Waals surface area (Å²) in [6, 6.07) is 13.4. The first kappa shape index (κ1) is 18.1. The Morgan fingerprint density at radius 1 is 1.04 bits per heavy atom. The molecule has 1 heterocycles. The minimum Gasteiger partial charge on any atom is -0.495 e. The largest absolute Gasteiger partial charge is 0.495 e. The number of rotatable bonds is 3. The van der Waals surface area contributed by atoms with E-state index in [9.17, 15) is 0 Å². The minimum absolute atomic E-state index is 0.636. The molecule has 4 nitrogen and oxygen atoms in total. The number of methoxy groups -OCH3 is 1. The summed E-state index contributed by atoms with van der Waals surface area (Å²) in [5.74, 6) is 0.712. The fourth-order valence-electron chi connectivity index (χ4n) is 2.81. The van der Waals surface area contributed by atoms with Crippen LogP contribution in [-0.4, -0.2) is 43.3 Å². The molecule has 1 aliphatic heterocycles. The number of benzene rings is 2.